The van der Waals surface area contributed by atoms with Crippen LogP contribution < -0.4 is 9.80 Å². The first-order valence-electron chi connectivity index (χ1n) is 10.9. The van der Waals surface area contributed by atoms with Gasteiger partial charge in [0.05, 0.1) is 26.4 Å². The minimum absolute atomic E-state index is 0.667. The van der Waals surface area contributed by atoms with Gasteiger partial charge in [-0.3, -0.25) is 4.98 Å². The summed E-state index contributed by atoms with van der Waals surface area (Å²) in [6.45, 7) is 6.13. The second-order valence-corrected chi connectivity index (χ2v) is 7.75. The van der Waals surface area contributed by atoms with E-state index in [0.29, 0.717) is 32.3 Å². The van der Waals surface area contributed by atoms with Crippen LogP contribution in [0, 0.1) is 0 Å². The Hall–Kier alpha value is -3.03. The van der Waals surface area contributed by atoms with Crippen LogP contribution >= 0.6 is 0 Å². The number of morpholine rings is 2. The van der Waals surface area contributed by atoms with Crippen LogP contribution in [0.1, 0.15) is 11.1 Å². The zero-order chi connectivity index (χ0) is 20.9. The summed E-state index contributed by atoms with van der Waals surface area (Å²) in [5.74, 6) is 2.65. The lowest BCUT2D eigenvalue weighted by Crippen LogP contribution is -2.40. The molecule has 0 atom stereocenters. The SMILES string of the molecule is c1ccc(Cc2c(N3CCOCC3)nc(-c3ccccn3)nc2N2CCOCC2)cc1. The average Bonchev–Trinajstić information content (AvgIpc) is 2.86. The number of nitrogens with zero attached hydrogens (tertiary/aromatic N) is 5. The van der Waals surface area contributed by atoms with Gasteiger partial charge in [-0.05, 0) is 17.7 Å². The van der Waals surface area contributed by atoms with Crippen LogP contribution in [-0.2, 0) is 15.9 Å². The Morgan fingerprint density at radius 3 is 1.84 bits per heavy atom. The highest BCUT2D eigenvalue weighted by Crippen LogP contribution is 2.33. The highest BCUT2D eigenvalue weighted by atomic mass is 16.5. The zero-order valence-corrected chi connectivity index (χ0v) is 17.6. The molecule has 0 saturated carbocycles. The van der Waals surface area contributed by atoms with E-state index in [1.165, 1.54) is 5.56 Å². The third-order valence-corrected chi connectivity index (χ3v) is 5.70. The molecule has 4 heterocycles. The predicted octanol–water partition coefficient (Wildman–Crippen LogP) is 2.80. The summed E-state index contributed by atoms with van der Waals surface area (Å²) < 4.78 is 11.2. The third-order valence-electron chi connectivity index (χ3n) is 5.70. The number of aromatic nitrogens is 3. The van der Waals surface area contributed by atoms with Crippen molar-refractivity contribution in [2.24, 2.45) is 0 Å². The Bertz CT molecular complexity index is 948. The lowest BCUT2D eigenvalue weighted by Gasteiger charge is -2.34. The molecule has 5 rings (SSSR count). The molecular weight excluding hydrogens is 390 g/mol. The van der Waals surface area contributed by atoms with Gasteiger partial charge in [-0.2, -0.15) is 0 Å². The van der Waals surface area contributed by atoms with Crippen molar-refractivity contribution in [3.8, 4) is 11.5 Å². The first kappa shape index (κ1) is 19.9. The molecule has 7 heteroatoms. The van der Waals surface area contributed by atoms with Crippen LogP contribution in [0.5, 0.6) is 0 Å². The molecule has 0 N–H and O–H groups in total. The summed E-state index contributed by atoms with van der Waals surface area (Å²) in [7, 11) is 0. The minimum atomic E-state index is 0.667. The largest absolute Gasteiger partial charge is 0.378 e. The van der Waals surface area contributed by atoms with Crippen molar-refractivity contribution in [3.63, 3.8) is 0 Å². The standard InChI is InChI=1S/C24H27N5O2/c1-2-6-19(7-3-1)18-20-23(28-10-14-30-15-11-28)26-22(21-8-4-5-9-25-21)27-24(20)29-12-16-31-17-13-29/h1-9H,10-18H2. The Kier molecular flexibility index (Phi) is 6.04. The van der Waals surface area contributed by atoms with E-state index in [1.807, 2.05) is 18.2 Å². The monoisotopic (exact) mass is 417 g/mol. The van der Waals surface area contributed by atoms with Gasteiger partial charge in [0.2, 0.25) is 0 Å². The van der Waals surface area contributed by atoms with E-state index >= 15 is 0 Å². The summed E-state index contributed by atoms with van der Waals surface area (Å²) in [5.41, 5.74) is 3.20. The lowest BCUT2D eigenvalue weighted by molar-refractivity contribution is 0.121. The molecule has 0 amide bonds. The van der Waals surface area contributed by atoms with E-state index in [4.69, 9.17) is 19.4 Å². The molecule has 2 aliphatic heterocycles. The van der Waals surface area contributed by atoms with E-state index in [1.54, 1.807) is 6.20 Å². The second-order valence-electron chi connectivity index (χ2n) is 7.75. The number of anilines is 2. The van der Waals surface area contributed by atoms with Gasteiger partial charge in [0.25, 0.3) is 0 Å². The smallest absolute Gasteiger partial charge is 0.182 e. The van der Waals surface area contributed by atoms with Gasteiger partial charge in [-0.1, -0.05) is 36.4 Å². The molecule has 2 fully saturated rings. The first-order chi connectivity index (χ1) is 15.4. The van der Waals surface area contributed by atoms with Gasteiger partial charge >= 0.3 is 0 Å². The maximum absolute atomic E-state index is 5.62. The van der Waals surface area contributed by atoms with Crippen molar-refractivity contribution in [2.45, 2.75) is 6.42 Å². The fourth-order valence-electron chi connectivity index (χ4n) is 4.10. The molecule has 0 spiro atoms. The number of benzene rings is 1. The molecule has 160 valence electrons. The predicted molar refractivity (Wildman–Crippen MR) is 121 cm³/mol. The van der Waals surface area contributed by atoms with Gasteiger partial charge in [-0.25, -0.2) is 9.97 Å². The van der Waals surface area contributed by atoms with Crippen LogP contribution in [0.25, 0.3) is 11.5 Å². The molecule has 0 aliphatic carbocycles. The Labute approximate surface area is 182 Å². The van der Waals surface area contributed by atoms with Crippen LogP contribution in [0.15, 0.2) is 54.7 Å². The third kappa shape index (κ3) is 4.52. The van der Waals surface area contributed by atoms with Crippen LogP contribution in [0.3, 0.4) is 0 Å². The zero-order valence-electron chi connectivity index (χ0n) is 17.6. The summed E-state index contributed by atoms with van der Waals surface area (Å²) in [5, 5.41) is 0. The van der Waals surface area contributed by atoms with Crippen LogP contribution in [0.4, 0.5) is 11.6 Å². The number of rotatable bonds is 5. The van der Waals surface area contributed by atoms with Gasteiger partial charge in [-0.15, -0.1) is 0 Å². The molecule has 31 heavy (non-hydrogen) atoms. The summed E-state index contributed by atoms with van der Waals surface area (Å²) in [4.78, 5) is 19.3. The first-order valence-corrected chi connectivity index (χ1v) is 10.9. The lowest BCUT2D eigenvalue weighted by atomic mass is 10.0. The quantitative estimate of drug-likeness (QED) is 0.633. The number of ether oxygens (including phenoxy) is 2. The fourth-order valence-corrected chi connectivity index (χ4v) is 4.10. The van der Waals surface area contributed by atoms with Crippen molar-refractivity contribution < 1.29 is 9.47 Å². The maximum atomic E-state index is 5.62. The van der Waals surface area contributed by atoms with Gasteiger partial charge in [0, 0.05) is 44.4 Å². The van der Waals surface area contributed by atoms with Crippen molar-refractivity contribution in [3.05, 3.63) is 65.9 Å². The molecule has 2 aliphatic rings. The molecule has 2 saturated heterocycles. The highest BCUT2D eigenvalue weighted by molar-refractivity contribution is 5.67. The van der Waals surface area contributed by atoms with Crippen molar-refractivity contribution >= 4 is 11.6 Å². The summed E-state index contributed by atoms with van der Waals surface area (Å²) >= 11 is 0. The van der Waals surface area contributed by atoms with Crippen molar-refractivity contribution in [1.29, 1.82) is 0 Å². The number of pyridine rings is 1. The summed E-state index contributed by atoms with van der Waals surface area (Å²) in [6, 6.07) is 16.4. The van der Waals surface area contributed by atoms with E-state index in [0.717, 1.165) is 55.5 Å². The Morgan fingerprint density at radius 1 is 0.710 bits per heavy atom. The van der Waals surface area contributed by atoms with Crippen LogP contribution in [0.2, 0.25) is 0 Å². The van der Waals surface area contributed by atoms with E-state index in [2.05, 4.69) is 45.1 Å². The Balaban J connectivity index is 1.66. The van der Waals surface area contributed by atoms with Crippen LogP contribution in [-0.4, -0.2) is 67.6 Å². The number of hydrogen-bond donors (Lipinski definition) is 0. The topological polar surface area (TPSA) is 63.6 Å². The minimum Gasteiger partial charge on any atom is -0.378 e. The van der Waals surface area contributed by atoms with E-state index in [-0.39, 0.29) is 0 Å². The number of hydrogen-bond acceptors (Lipinski definition) is 7. The van der Waals surface area contributed by atoms with E-state index < -0.39 is 0 Å². The highest BCUT2D eigenvalue weighted by Gasteiger charge is 2.26. The average molecular weight is 418 g/mol. The van der Waals surface area contributed by atoms with E-state index in [9.17, 15) is 0 Å². The second kappa shape index (κ2) is 9.41. The van der Waals surface area contributed by atoms with Gasteiger partial charge in [0.15, 0.2) is 5.82 Å². The molecular formula is C24H27N5O2. The molecule has 7 nitrogen and oxygen atoms in total. The molecule has 2 aromatic heterocycles. The molecule has 0 unspecified atom stereocenters. The van der Waals surface area contributed by atoms with Gasteiger partial charge < -0.3 is 19.3 Å². The molecule has 3 aromatic rings. The van der Waals surface area contributed by atoms with Crippen molar-refractivity contribution in [2.75, 3.05) is 62.4 Å². The molecule has 0 radical (unpaired) electrons. The molecule has 0 bridgehead atoms. The van der Waals surface area contributed by atoms with Crippen molar-refractivity contribution in [1.82, 2.24) is 15.0 Å². The Morgan fingerprint density at radius 2 is 1.29 bits per heavy atom. The fraction of sp³-hybridized carbons (Fsp3) is 0.375. The maximum Gasteiger partial charge on any atom is 0.182 e. The van der Waals surface area contributed by atoms with Gasteiger partial charge in [0.1, 0.15) is 17.3 Å². The molecule has 1 aromatic carbocycles. The summed E-state index contributed by atoms with van der Waals surface area (Å²) in [6.07, 6.45) is 2.57. The normalized spacial score (nSPS) is 17.0.